The van der Waals surface area contributed by atoms with E-state index in [-0.39, 0.29) is 6.04 Å². The van der Waals surface area contributed by atoms with Crippen LogP contribution in [0.3, 0.4) is 0 Å². The molecule has 1 fully saturated rings. The maximum Gasteiger partial charge on any atom is 0.179 e. The quantitative estimate of drug-likeness (QED) is 0.841. The molecule has 0 aromatic heterocycles. The summed E-state index contributed by atoms with van der Waals surface area (Å²) in [5.41, 5.74) is 6.99. The summed E-state index contributed by atoms with van der Waals surface area (Å²) in [6.45, 7) is 3.86. The number of nitrogens with zero attached hydrogens (tertiary/aromatic N) is 1. The predicted octanol–water partition coefficient (Wildman–Crippen LogP) is 2.94. The molecular formula is C16H25ClN2O2. The van der Waals surface area contributed by atoms with Gasteiger partial charge in [-0.1, -0.05) is 24.6 Å². The van der Waals surface area contributed by atoms with E-state index in [2.05, 4.69) is 18.9 Å². The molecule has 1 aliphatic rings. The number of nitrogens with two attached hydrogens (primary N) is 1. The standard InChI is InChI=1S/C16H25ClN2O2/c1-10-7-11(10)9-19(2)13(8-18)12-5-6-14(20-3)16(21-4)15(12)17/h5-6,10-11,13H,7-9,18H2,1-4H3. The van der Waals surface area contributed by atoms with Crippen LogP contribution in [0.2, 0.25) is 5.02 Å². The topological polar surface area (TPSA) is 47.7 Å². The molecule has 0 bridgehead atoms. The lowest BCUT2D eigenvalue weighted by Gasteiger charge is -2.29. The summed E-state index contributed by atoms with van der Waals surface area (Å²) in [6.07, 6.45) is 1.31. The van der Waals surface area contributed by atoms with Crippen molar-refractivity contribution >= 4 is 11.6 Å². The van der Waals surface area contributed by atoms with Gasteiger partial charge in [-0.3, -0.25) is 4.90 Å². The third-order valence-corrected chi connectivity index (χ3v) is 4.82. The highest BCUT2D eigenvalue weighted by Crippen LogP contribution is 2.42. The van der Waals surface area contributed by atoms with Crippen LogP contribution in [0.1, 0.15) is 24.9 Å². The van der Waals surface area contributed by atoms with Gasteiger partial charge in [0.25, 0.3) is 0 Å². The van der Waals surface area contributed by atoms with Gasteiger partial charge in [0.1, 0.15) is 0 Å². The fourth-order valence-corrected chi connectivity index (χ4v) is 3.22. The lowest BCUT2D eigenvalue weighted by Crippen LogP contribution is -2.32. The van der Waals surface area contributed by atoms with Crippen molar-refractivity contribution in [3.63, 3.8) is 0 Å². The third kappa shape index (κ3) is 3.44. The summed E-state index contributed by atoms with van der Waals surface area (Å²) in [6, 6.07) is 3.95. The SMILES string of the molecule is COc1ccc(C(CN)N(C)CC2CC2C)c(Cl)c1OC. The number of hydrogen-bond donors (Lipinski definition) is 1. The van der Waals surface area contributed by atoms with Crippen LogP contribution in [-0.2, 0) is 0 Å². The number of hydrogen-bond acceptors (Lipinski definition) is 4. The zero-order chi connectivity index (χ0) is 15.6. The molecule has 2 rings (SSSR count). The van der Waals surface area contributed by atoms with E-state index in [0.717, 1.165) is 23.9 Å². The molecule has 0 saturated heterocycles. The Morgan fingerprint density at radius 3 is 2.52 bits per heavy atom. The zero-order valence-corrected chi connectivity index (χ0v) is 14.0. The van der Waals surface area contributed by atoms with Gasteiger partial charge >= 0.3 is 0 Å². The van der Waals surface area contributed by atoms with E-state index in [9.17, 15) is 0 Å². The molecule has 0 heterocycles. The van der Waals surface area contributed by atoms with Gasteiger partial charge in [0, 0.05) is 19.1 Å². The molecule has 5 heteroatoms. The van der Waals surface area contributed by atoms with E-state index >= 15 is 0 Å². The highest BCUT2D eigenvalue weighted by Gasteiger charge is 2.35. The fourth-order valence-electron chi connectivity index (χ4n) is 2.86. The van der Waals surface area contributed by atoms with Crippen molar-refractivity contribution in [3.05, 3.63) is 22.7 Å². The van der Waals surface area contributed by atoms with Gasteiger partial charge in [-0.05, 0) is 36.9 Å². The molecule has 21 heavy (non-hydrogen) atoms. The lowest BCUT2D eigenvalue weighted by molar-refractivity contribution is 0.236. The number of rotatable bonds is 7. The molecule has 2 N–H and O–H groups in total. The first kappa shape index (κ1) is 16.4. The number of halogens is 1. The summed E-state index contributed by atoms with van der Waals surface area (Å²) in [5.74, 6) is 2.82. The molecule has 118 valence electrons. The van der Waals surface area contributed by atoms with Gasteiger partial charge in [-0.15, -0.1) is 0 Å². The summed E-state index contributed by atoms with van der Waals surface area (Å²) >= 11 is 6.50. The second kappa shape index (κ2) is 6.86. The second-order valence-electron chi connectivity index (χ2n) is 5.87. The van der Waals surface area contributed by atoms with Crippen molar-refractivity contribution in [2.24, 2.45) is 17.6 Å². The van der Waals surface area contributed by atoms with E-state index in [0.29, 0.717) is 23.1 Å². The van der Waals surface area contributed by atoms with Crippen LogP contribution in [0.15, 0.2) is 12.1 Å². The fraction of sp³-hybridized carbons (Fsp3) is 0.625. The predicted molar refractivity (Wildman–Crippen MR) is 86.3 cm³/mol. The lowest BCUT2D eigenvalue weighted by atomic mass is 10.0. The Morgan fingerprint density at radius 2 is 2.05 bits per heavy atom. The summed E-state index contributed by atoms with van der Waals surface area (Å²) in [5, 5.41) is 0.586. The highest BCUT2D eigenvalue weighted by molar-refractivity contribution is 6.33. The Labute approximate surface area is 132 Å². The number of likely N-dealkylation sites (N-methyl/N-ethyl adjacent to an activating group) is 1. The number of ether oxygens (including phenoxy) is 2. The van der Waals surface area contributed by atoms with Gasteiger partial charge < -0.3 is 15.2 Å². The average molecular weight is 313 g/mol. The maximum atomic E-state index is 6.50. The minimum Gasteiger partial charge on any atom is -0.493 e. The molecular weight excluding hydrogens is 288 g/mol. The van der Waals surface area contributed by atoms with Crippen molar-refractivity contribution in [1.29, 1.82) is 0 Å². The van der Waals surface area contributed by atoms with Crippen LogP contribution in [0.5, 0.6) is 11.5 Å². The zero-order valence-electron chi connectivity index (χ0n) is 13.2. The van der Waals surface area contributed by atoms with Crippen molar-refractivity contribution < 1.29 is 9.47 Å². The molecule has 0 aliphatic heterocycles. The Hall–Kier alpha value is -0.970. The van der Waals surface area contributed by atoms with E-state index in [4.69, 9.17) is 26.8 Å². The summed E-state index contributed by atoms with van der Waals surface area (Å²) in [7, 11) is 5.31. The third-order valence-electron chi connectivity index (χ3n) is 4.43. The van der Waals surface area contributed by atoms with Crippen LogP contribution in [0.25, 0.3) is 0 Å². The van der Waals surface area contributed by atoms with Crippen LogP contribution in [0, 0.1) is 11.8 Å². The maximum absolute atomic E-state index is 6.50. The Balaban J connectivity index is 2.24. The molecule has 0 amide bonds. The van der Waals surface area contributed by atoms with Gasteiger partial charge in [-0.2, -0.15) is 0 Å². The molecule has 1 aromatic rings. The Morgan fingerprint density at radius 1 is 1.38 bits per heavy atom. The molecule has 0 radical (unpaired) electrons. The highest BCUT2D eigenvalue weighted by atomic mass is 35.5. The van der Waals surface area contributed by atoms with Crippen molar-refractivity contribution in [1.82, 2.24) is 4.90 Å². The van der Waals surface area contributed by atoms with Crippen LogP contribution < -0.4 is 15.2 Å². The van der Waals surface area contributed by atoms with Gasteiger partial charge in [-0.25, -0.2) is 0 Å². The summed E-state index contributed by atoms with van der Waals surface area (Å²) < 4.78 is 10.7. The van der Waals surface area contributed by atoms with Crippen molar-refractivity contribution in [2.45, 2.75) is 19.4 Å². The Bertz CT molecular complexity index is 495. The monoisotopic (exact) mass is 312 g/mol. The molecule has 1 saturated carbocycles. The first-order valence-electron chi connectivity index (χ1n) is 7.34. The average Bonchev–Trinajstić information content (AvgIpc) is 3.16. The number of methoxy groups -OCH3 is 2. The molecule has 3 unspecified atom stereocenters. The molecule has 1 aliphatic carbocycles. The smallest absolute Gasteiger partial charge is 0.179 e. The van der Waals surface area contributed by atoms with Crippen molar-refractivity contribution in [2.75, 3.05) is 34.4 Å². The second-order valence-corrected chi connectivity index (χ2v) is 6.25. The van der Waals surface area contributed by atoms with Crippen LogP contribution in [0.4, 0.5) is 0 Å². The molecule has 4 nitrogen and oxygen atoms in total. The normalized spacial score (nSPS) is 22.2. The van der Waals surface area contributed by atoms with Crippen LogP contribution in [-0.4, -0.2) is 39.3 Å². The first-order valence-corrected chi connectivity index (χ1v) is 7.71. The van der Waals surface area contributed by atoms with Gasteiger partial charge in [0.15, 0.2) is 11.5 Å². The number of benzene rings is 1. The minimum absolute atomic E-state index is 0.0881. The van der Waals surface area contributed by atoms with Crippen molar-refractivity contribution in [3.8, 4) is 11.5 Å². The molecule has 1 aromatic carbocycles. The Kier molecular flexibility index (Phi) is 5.36. The first-order chi connectivity index (χ1) is 10.0. The van der Waals surface area contributed by atoms with Gasteiger partial charge in [0.2, 0.25) is 0 Å². The van der Waals surface area contributed by atoms with E-state index in [1.54, 1.807) is 14.2 Å². The molecule has 0 spiro atoms. The van der Waals surface area contributed by atoms with E-state index in [1.165, 1.54) is 6.42 Å². The van der Waals surface area contributed by atoms with Crippen LogP contribution >= 0.6 is 11.6 Å². The summed E-state index contributed by atoms with van der Waals surface area (Å²) in [4.78, 5) is 2.29. The van der Waals surface area contributed by atoms with Gasteiger partial charge in [0.05, 0.1) is 19.2 Å². The molecule has 3 atom stereocenters. The largest absolute Gasteiger partial charge is 0.493 e. The minimum atomic E-state index is 0.0881. The van der Waals surface area contributed by atoms with E-state index < -0.39 is 0 Å². The van der Waals surface area contributed by atoms with E-state index in [1.807, 2.05) is 12.1 Å².